The fraction of sp³-hybridized carbons (Fsp3) is 0.471. The van der Waals surface area contributed by atoms with Gasteiger partial charge in [0.25, 0.3) is 0 Å². The molecule has 1 aliphatic heterocycles. The minimum absolute atomic E-state index is 0.0390. The maximum absolute atomic E-state index is 12.5. The number of carbonyl (C=O) groups is 1. The zero-order valence-corrected chi connectivity index (χ0v) is 15.2. The molecule has 0 aliphatic carbocycles. The average Bonchev–Trinajstić information content (AvgIpc) is 2.87. The highest BCUT2D eigenvalue weighted by atomic mass is 35.5. The number of benzene rings is 1. The molecule has 25 heavy (non-hydrogen) atoms. The van der Waals surface area contributed by atoms with Gasteiger partial charge in [-0.1, -0.05) is 17.7 Å². The van der Waals surface area contributed by atoms with E-state index >= 15 is 0 Å². The van der Waals surface area contributed by atoms with Gasteiger partial charge in [0.05, 0.1) is 6.04 Å². The van der Waals surface area contributed by atoms with E-state index in [1.54, 1.807) is 19.1 Å². The third kappa shape index (κ3) is 4.49. The van der Waals surface area contributed by atoms with Gasteiger partial charge in [0.1, 0.15) is 0 Å². The van der Waals surface area contributed by atoms with Crippen molar-refractivity contribution in [1.82, 2.24) is 20.0 Å². The van der Waals surface area contributed by atoms with Crippen LogP contribution in [0.2, 0.25) is 5.02 Å². The number of halogens is 1. The molecule has 7 nitrogen and oxygen atoms in total. The monoisotopic (exact) mass is 363 g/mol. The average molecular weight is 364 g/mol. The molecule has 1 atom stereocenters. The molecule has 1 aromatic carbocycles. The van der Waals surface area contributed by atoms with Gasteiger partial charge in [0.15, 0.2) is 0 Å². The highest BCUT2D eigenvalue weighted by Crippen LogP contribution is 2.21. The number of nitrogens with zero attached hydrogens (tertiary/aromatic N) is 4. The van der Waals surface area contributed by atoms with Gasteiger partial charge in [-0.25, -0.2) is 4.79 Å². The molecule has 0 saturated carbocycles. The minimum Gasteiger partial charge on any atom is -0.424 e. The largest absolute Gasteiger partial charge is 0.424 e. The fourth-order valence-electron chi connectivity index (χ4n) is 2.93. The molecule has 134 valence electrons. The van der Waals surface area contributed by atoms with Crippen LogP contribution in [-0.4, -0.2) is 52.2 Å². The molecular formula is C17H22ClN5O2. The number of aromatic nitrogens is 2. The Kier molecular flexibility index (Phi) is 5.55. The first-order valence-corrected chi connectivity index (χ1v) is 8.76. The van der Waals surface area contributed by atoms with Crippen molar-refractivity contribution in [2.75, 3.05) is 31.5 Å². The third-order valence-corrected chi connectivity index (χ3v) is 4.58. The van der Waals surface area contributed by atoms with Gasteiger partial charge in [0.2, 0.25) is 11.8 Å². The molecule has 8 heteroatoms. The summed E-state index contributed by atoms with van der Waals surface area (Å²) in [6.45, 7) is 6.82. The molecule has 2 amide bonds. The second-order valence-electron chi connectivity index (χ2n) is 6.15. The number of urea groups is 1. The highest BCUT2D eigenvalue weighted by Gasteiger charge is 2.25. The maximum atomic E-state index is 12.5. The molecule has 1 fully saturated rings. The van der Waals surface area contributed by atoms with Crippen LogP contribution in [0.3, 0.4) is 0 Å². The van der Waals surface area contributed by atoms with Crippen LogP contribution in [0, 0.1) is 6.92 Å². The Bertz CT molecular complexity index is 735. The second kappa shape index (κ2) is 7.84. The van der Waals surface area contributed by atoms with Crippen LogP contribution in [-0.2, 0) is 0 Å². The molecule has 3 rings (SSSR count). The first-order chi connectivity index (χ1) is 12.0. The predicted molar refractivity (Wildman–Crippen MR) is 95.7 cm³/mol. The first-order valence-electron chi connectivity index (χ1n) is 8.38. The summed E-state index contributed by atoms with van der Waals surface area (Å²) >= 11 is 5.96. The summed E-state index contributed by atoms with van der Waals surface area (Å²) in [5, 5.41) is 11.5. The quantitative estimate of drug-likeness (QED) is 0.905. The van der Waals surface area contributed by atoms with Crippen molar-refractivity contribution in [2.24, 2.45) is 0 Å². The van der Waals surface area contributed by atoms with Gasteiger partial charge in [-0.3, -0.25) is 4.90 Å². The lowest BCUT2D eigenvalue weighted by Crippen LogP contribution is -2.38. The van der Waals surface area contributed by atoms with Crippen molar-refractivity contribution >= 4 is 23.3 Å². The number of hydrogen-bond acceptors (Lipinski definition) is 5. The van der Waals surface area contributed by atoms with Crippen LogP contribution in [0.15, 0.2) is 28.7 Å². The van der Waals surface area contributed by atoms with Crippen molar-refractivity contribution in [1.29, 1.82) is 0 Å². The number of hydrogen-bond donors (Lipinski definition) is 1. The van der Waals surface area contributed by atoms with Crippen LogP contribution in [0.1, 0.15) is 31.2 Å². The lowest BCUT2D eigenvalue weighted by atomic mass is 10.2. The minimum atomic E-state index is -0.106. The Morgan fingerprint density at radius 1 is 1.28 bits per heavy atom. The van der Waals surface area contributed by atoms with Crippen LogP contribution in [0.5, 0.6) is 0 Å². The van der Waals surface area contributed by atoms with Crippen molar-refractivity contribution in [2.45, 2.75) is 26.3 Å². The number of amides is 2. The Morgan fingerprint density at radius 2 is 2.12 bits per heavy atom. The van der Waals surface area contributed by atoms with E-state index in [-0.39, 0.29) is 12.1 Å². The van der Waals surface area contributed by atoms with Crippen molar-refractivity contribution in [3.8, 4) is 0 Å². The summed E-state index contributed by atoms with van der Waals surface area (Å²) in [5.41, 5.74) is 0.702. The smallest absolute Gasteiger partial charge is 0.321 e. The van der Waals surface area contributed by atoms with E-state index in [4.69, 9.17) is 16.0 Å². The van der Waals surface area contributed by atoms with Crippen molar-refractivity contribution in [3.63, 3.8) is 0 Å². The molecule has 0 spiro atoms. The zero-order valence-electron chi connectivity index (χ0n) is 14.4. The Hall–Kier alpha value is -2.12. The molecular weight excluding hydrogens is 342 g/mol. The SMILES string of the molecule is Cc1nnc([C@H](C)N2CCCN(C(=O)Nc3cccc(Cl)c3)CC2)o1. The van der Waals surface area contributed by atoms with E-state index in [9.17, 15) is 4.79 Å². The number of rotatable bonds is 3. The number of anilines is 1. The summed E-state index contributed by atoms with van der Waals surface area (Å²) in [7, 11) is 0. The lowest BCUT2D eigenvalue weighted by molar-refractivity contribution is 0.183. The summed E-state index contributed by atoms with van der Waals surface area (Å²) in [6.07, 6.45) is 0.889. The fourth-order valence-corrected chi connectivity index (χ4v) is 3.12. The zero-order chi connectivity index (χ0) is 17.8. The van der Waals surface area contributed by atoms with Gasteiger partial charge in [-0.2, -0.15) is 0 Å². The van der Waals surface area contributed by atoms with Gasteiger partial charge in [-0.05, 0) is 31.5 Å². The van der Waals surface area contributed by atoms with Crippen LogP contribution < -0.4 is 5.32 Å². The summed E-state index contributed by atoms with van der Waals surface area (Å²) in [4.78, 5) is 16.6. The molecule has 1 saturated heterocycles. The standard InChI is InChI=1S/C17H22ClN5O2/c1-12(16-21-20-13(2)25-16)22-7-4-8-23(10-9-22)17(24)19-15-6-3-5-14(18)11-15/h3,5-6,11-12H,4,7-10H2,1-2H3,(H,19,24)/t12-/m0/s1. The number of aryl methyl sites for hydroxylation is 1. The molecule has 1 aliphatic rings. The molecule has 2 aromatic rings. The molecule has 1 N–H and O–H groups in total. The van der Waals surface area contributed by atoms with E-state index in [1.807, 2.05) is 17.0 Å². The molecule has 0 bridgehead atoms. The van der Waals surface area contributed by atoms with E-state index in [0.717, 1.165) is 19.5 Å². The van der Waals surface area contributed by atoms with E-state index < -0.39 is 0 Å². The van der Waals surface area contributed by atoms with Crippen LogP contribution in [0.4, 0.5) is 10.5 Å². The number of nitrogens with one attached hydrogen (secondary N) is 1. The van der Waals surface area contributed by atoms with E-state index in [0.29, 0.717) is 35.6 Å². The van der Waals surface area contributed by atoms with Gasteiger partial charge >= 0.3 is 6.03 Å². The predicted octanol–water partition coefficient (Wildman–Crippen LogP) is 3.33. The Balaban J connectivity index is 1.58. The first kappa shape index (κ1) is 17.7. The van der Waals surface area contributed by atoms with Crippen LogP contribution >= 0.6 is 11.6 Å². The van der Waals surface area contributed by atoms with Gasteiger partial charge in [0, 0.05) is 43.8 Å². The van der Waals surface area contributed by atoms with Crippen molar-refractivity contribution < 1.29 is 9.21 Å². The summed E-state index contributed by atoms with van der Waals surface area (Å²) < 4.78 is 5.53. The topological polar surface area (TPSA) is 74.5 Å². The summed E-state index contributed by atoms with van der Waals surface area (Å²) in [6, 6.07) is 7.09. The van der Waals surface area contributed by atoms with Crippen molar-refractivity contribution in [3.05, 3.63) is 41.1 Å². The van der Waals surface area contributed by atoms with E-state index in [1.165, 1.54) is 0 Å². The Labute approximate surface area is 152 Å². The highest BCUT2D eigenvalue weighted by molar-refractivity contribution is 6.30. The Morgan fingerprint density at radius 3 is 2.84 bits per heavy atom. The lowest BCUT2D eigenvalue weighted by Gasteiger charge is -2.25. The third-order valence-electron chi connectivity index (χ3n) is 4.34. The molecule has 2 heterocycles. The van der Waals surface area contributed by atoms with Crippen LogP contribution in [0.25, 0.3) is 0 Å². The number of carbonyl (C=O) groups excluding carboxylic acids is 1. The molecule has 0 unspecified atom stereocenters. The molecule has 1 aromatic heterocycles. The van der Waals surface area contributed by atoms with Gasteiger partial charge in [-0.15, -0.1) is 10.2 Å². The van der Waals surface area contributed by atoms with Gasteiger partial charge < -0.3 is 14.6 Å². The van der Waals surface area contributed by atoms with E-state index in [2.05, 4.69) is 27.3 Å². The molecule has 0 radical (unpaired) electrons. The maximum Gasteiger partial charge on any atom is 0.321 e. The summed E-state index contributed by atoms with van der Waals surface area (Å²) in [5.74, 6) is 1.19. The second-order valence-corrected chi connectivity index (χ2v) is 6.59. The normalized spacial score (nSPS) is 17.2.